The van der Waals surface area contributed by atoms with Gasteiger partial charge in [0.25, 0.3) is 0 Å². The number of benzene rings is 2. The second-order valence-electron chi connectivity index (χ2n) is 4.38. The summed E-state index contributed by atoms with van der Waals surface area (Å²) in [6, 6.07) is 9.96. The number of aryl methyl sites for hydroxylation is 1. The third-order valence-corrected chi connectivity index (χ3v) is 3.09. The van der Waals surface area contributed by atoms with Crippen LogP contribution in [0.4, 0.5) is 4.39 Å². The van der Waals surface area contributed by atoms with Crippen LogP contribution >= 0.6 is 11.6 Å². The molecule has 3 rings (SSSR count). The van der Waals surface area contributed by atoms with E-state index in [0.29, 0.717) is 10.9 Å². The van der Waals surface area contributed by atoms with Gasteiger partial charge in [0.15, 0.2) is 11.6 Å². The van der Waals surface area contributed by atoms with Crippen molar-refractivity contribution in [3.8, 4) is 11.6 Å². The lowest BCUT2D eigenvalue weighted by atomic mass is 10.2. The molecule has 0 aliphatic heterocycles. The molecule has 0 spiro atoms. The van der Waals surface area contributed by atoms with Gasteiger partial charge in [-0.3, -0.25) is 0 Å². The molecule has 0 saturated heterocycles. The van der Waals surface area contributed by atoms with Crippen LogP contribution in [0.5, 0.6) is 11.6 Å². The molecule has 1 aromatic heterocycles. The summed E-state index contributed by atoms with van der Waals surface area (Å²) in [4.78, 5) is 8.23. The van der Waals surface area contributed by atoms with Gasteiger partial charge in [-0.05, 0) is 37.3 Å². The van der Waals surface area contributed by atoms with Gasteiger partial charge < -0.3 is 4.74 Å². The Morgan fingerprint density at radius 1 is 1.10 bits per heavy atom. The summed E-state index contributed by atoms with van der Waals surface area (Å²) in [6.45, 7) is 1.96. The summed E-state index contributed by atoms with van der Waals surface area (Å²) in [5.41, 5.74) is 1.80. The molecule has 2 aromatic carbocycles. The normalized spacial score (nSPS) is 10.8. The van der Waals surface area contributed by atoms with E-state index in [1.165, 1.54) is 18.5 Å². The molecule has 0 saturated carbocycles. The average molecular weight is 289 g/mol. The molecule has 0 atom stereocenters. The maximum atomic E-state index is 13.8. The fourth-order valence-electron chi connectivity index (χ4n) is 1.89. The van der Waals surface area contributed by atoms with Crippen LogP contribution in [0.1, 0.15) is 5.56 Å². The number of rotatable bonds is 2. The Bertz CT molecular complexity index is 792. The predicted octanol–water partition coefficient (Wildman–Crippen LogP) is 4.52. The second kappa shape index (κ2) is 5.06. The van der Waals surface area contributed by atoms with Gasteiger partial charge in [0.05, 0.1) is 10.9 Å². The SMILES string of the molecule is Cc1ccc2ncnc(Oc3ccc(Cl)cc3F)c2c1. The van der Waals surface area contributed by atoms with Crippen molar-refractivity contribution >= 4 is 22.5 Å². The summed E-state index contributed by atoms with van der Waals surface area (Å²) in [5, 5.41) is 1.06. The standard InChI is InChI=1S/C15H10ClFN2O/c1-9-2-4-13-11(6-9)15(19-8-18-13)20-14-5-3-10(16)7-12(14)17/h2-8H,1H3. The zero-order valence-corrected chi connectivity index (χ0v) is 11.4. The first-order valence-electron chi connectivity index (χ1n) is 5.98. The number of halogens is 2. The van der Waals surface area contributed by atoms with E-state index >= 15 is 0 Å². The van der Waals surface area contributed by atoms with Gasteiger partial charge >= 0.3 is 0 Å². The molecule has 1 heterocycles. The van der Waals surface area contributed by atoms with Crippen LogP contribution in [0.2, 0.25) is 5.02 Å². The Morgan fingerprint density at radius 3 is 2.75 bits per heavy atom. The Hall–Kier alpha value is -2.20. The minimum Gasteiger partial charge on any atom is -0.435 e. The number of nitrogens with zero attached hydrogens (tertiary/aromatic N) is 2. The zero-order valence-electron chi connectivity index (χ0n) is 10.6. The van der Waals surface area contributed by atoms with Crippen molar-refractivity contribution in [2.45, 2.75) is 6.92 Å². The Morgan fingerprint density at radius 2 is 1.95 bits per heavy atom. The van der Waals surface area contributed by atoms with E-state index in [0.717, 1.165) is 16.5 Å². The summed E-state index contributed by atoms with van der Waals surface area (Å²) >= 11 is 5.71. The number of fused-ring (bicyclic) bond motifs is 1. The fraction of sp³-hybridized carbons (Fsp3) is 0.0667. The third kappa shape index (κ3) is 2.42. The maximum Gasteiger partial charge on any atom is 0.230 e. The lowest BCUT2D eigenvalue weighted by Crippen LogP contribution is -1.93. The van der Waals surface area contributed by atoms with Crippen LogP contribution in [0.15, 0.2) is 42.7 Å². The molecule has 3 aromatic rings. The number of hydrogen-bond donors (Lipinski definition) is 0. The number of aromatic nitrogens is 2. The lowest BCUT2D eigenvalue weighted by molar-refractivity contribution is 0.431. The van der Waals surface area contributed by atoms with Gasteiger partial charge in [-0.15, -0.1) is 0 Å². The van der Waals surface area contributed by atoms with Gasteiger partial charge in [0.1, 0.15) is 6.33 Å². The van der Waals surface area contributed by atoms with Crippen LogP contribution < -0.4 is 4.74 Å². The highest BCUT2D eigenvalue weighted by Crippen LogP contribution is 2.29. The molecule has 0 amide bonds. The molecule has 0 unspecified atom stereocenters. The first kappa shape index (κ1) is 12.8. The fourth-order valence-corrected chi connectivity index (χ4v) is 2.05. The number of ether oxygens (including phenoxy) is 1. The van der Waals surface area contributed by atoms with E-state index in [2.05, 4.69) is 9.97 Å². The van der Waals surface area contributed by atoms with E-state index in [9.17, 15) is 4.39 Å². The van der Waals surface area contributed by atoms with E-state index < -0.39 is 5.82 Å². The summed E-state index contributed by atoms with van der Waals surface area (Å²) in [5.74, 6) is -0.132. The molecule has 0 bridgehead atoms. The summed E-state index contributed by atoms with van der Waals surface area (Å²) in [6.07, 6.45) is 1.39. The van der Waals surface area contributed by atoms with Crippen LogP contribution in [-0.4, -0.2) is 9.97 Å². The van der Waals surface area contributed by atoms with Crippen molar-refractivity contribution < 1.29 is 9.13 Å². The van der Waals surface area contributed by atoms with Crippen molar-refractivity contribution in [2.75, 3.05) is 0 Å². The average Bonchev–Trinajstić information content (AvgIpc) is 2.42. The summed E-state index contributed by atoms with van der Waals surface area (Å²) in [7, 11) is 0. The predicted molar refractivity (Wildman–Crippen MR) is 75.8 cm³/mol. The second-order valence-corrected chi connectivity index (χ2v) is 4.81. The molecule has 0 aliphatic rings. The molecule has 20 heavy (non-hydrogen) atoms. The molecular weight excluding hydrogens is 279 g/mol. The minimum atomic E-state index is -0.531. The minimum absolute atomic E-state index is 0.0795. The van der Waals surface area contributed by atoms with Crippen LogP contribution in [-0.2, 0) is 0 Å². The monoisotopic (exact) mass is 288 g/mol. The van der Waals surface area contributed by atoms with Crippen molar-refractivity contribution in [3.05, 3.63) is 59.1 Å². The number of hydrogen-bond acceptors (Lipinski definition) is 3. The first-order valence-corrected chi connectivity index (χ1v) is 6.35. The van der Waals surface area contributed by atoms with Gasteiger partial charge in [0.2, 0.25) is 5.88 Å². The van der Waals surface area contributed by atoms with Crippen LogP contribution in [0.3, 0.4) is 0 Å². The quantitative estimate of drug-likeness (QED) is 0.695. The van der Waals surface area contributed by atoms with Crippen LogP contribution in [0, 0.1) is 12.7 Å². The molecule has 0 fully saturated rings. The lowest BCUT2D eigenvalue weighted by Gasteiger charge is -2.08. The van der Waals surface area contributed by atoms with Crippen molar-refractivity contribution in [2.24, 2.45) is 0 Å². The third-order valence-electron chi connectivity index (χ3n) is 2.85. The molecule has 0 N–H and O–H groups in total. The van der Waals surface area contributed by atoms with Crippen molar-refractivity contribution in [1.82, 2.24) is 9.97 Å². The molecular formula is C15H10ClFN2O. The van der Waals surface area contributed by atoms with E-state index in [4.69, 9.17) is 16.3 Å². The largest absolute Gasteiger partial charge is 0.435 e. The van der Waals surface area contributed by atoms with Crippen molar-refractivity contribution in [3.63, 3.8) is 0 Å². The van der Waals surface area contributed by atoms with Crippen LogP contribution in [0.25, 0.3) is 10.9 Å². The van der Waals surface area contributed by atoms with Crippen molar-refractivity contribution in [1.29, 1.82) is 0 Å². The zero-order chi connectivity index (χ0) is 14.1. The van der Waals surface area contributed by atoms with Gasteiger partial charge in [0, 0.05) is 5.02 Å². The highest BCUT2D eigenvalue weighted by atomic mass is 35.5. The Kier molecular flexibility index (Phi) is 3.24. The maximum absolute atomic E-state index is 13.8. The van der Waals surface area contributed by atoms with E-state index in [-0.39, 0.29) is 5.75 Å². The van der Waals surface area contributed by atoms with Gasteiger partial charge in [-0.2, -0.15) is 0 Å². The Balaban J connectivity index is 2.08. The summed E-state index contributed by atoms with van der Waals surface area (Å²) < 4.78 is 19.3. The molecule has 0 radical (unpaired) electrons. The van der Waals surface area contributed by atoms with Gasteiger partial charge in [-0.1, -0.05) is 23.2 Å². The highest BCUT2D eigenvalue weighted by Gasteiger charge is 2.10. The molecule has 3 nitrogen and oxygen atoms in total. The van der Waals surface area contributed by atoms with E-state index in [1.54, 1.807) is 6.07 Å². The smallest absolute Gasteiger partial charge is 0.230 e. The highest BCUT2D eigenvalue weighted by molar-refractivity contribution is 6.30. The van der Waals surface area contributed by atoms with Gasteiger partial charge in [-0.25, -0.2) is 14.4 Å². The molecule has 100 valence electrons. The Labute approximate surface area is 120 Å². The topological polar surface area (TPSA) is 35.0 Å². The molecule has 0 aliphatic carbocycles. The first-order chi connectivity index (χ1) is 9.63. The molecule has 5 heteroatoms. The van der Waals surface area contributed by atoms with E-state index in [1.807, 2.05) is 25.1 Å².